The van der Waals surface area contributed by atoms with E-state index in [1.165, 1.54) is 7.11 Å². The third kappa shape index (κ3) is 4.57. The van der Waals surface area contributed by atoms with Crippen molar-refractivity contribution in [2.45, 2.75) is 13.8 Å². The van der Waals surface area contributed by atoms with Gasteiger partial charge in [-0.15, -0.1) is 11.3 Å². The van der Waals surface area contributed by atoms with Crippen molar-refractivity contribution >= 4 is 45.1 Å². The number of pyridine rings is 1. The summed E-state index contributed by atoms with van der Waals surface area (Å²) in [6, 6.07) is 9.08. The smallest absolute Gasteiger partial charge is 0.348 e. The summed E-state index contributed by atoms with van der Waals surface area (Å²) in [6.07, 6.45) is 1.67. The summed E-state index contributed by atoms with van der Waals surface area (Å²) >= 11 is 0.952. The van der Waals surface area contributed by atoms with Gasteiger partial charge < -0.3 is 19.5 Å². The van der Waals surface area contributed by atoms with E-state index in [0.29, 0.717) is 11.3 Å². The first-order valence-electron chi connectivity index (χ1n) is 9.10. The molecule has 0 spiro atoms. The minimum absolute atomic E-state index is 0.130. The van der Waals surface area contributed by atoms with Gasteiger partial charge in [-0.2, -0.15) is 0 Å². The second-order valence-electron chi connectivity index (χ2n) is 6.17. The number of hydrogen-bond donors (Lipinski definition) is 1. The van der Waals surface area contributed by atoms with Crippen molar-refractivity contribution in [3.8, 4) is 5.75 Å². The molecule has 0 atom stereocenters. The predicted octanol–water partition coefficient (Wildman–Crippen LogP) is 3.59. The molecule has 0 radical (unpaired) electrons. The zero-order chi connectivity index (χ0) is 21.7. The quantitative estimate of drug-likeness (QED) is 0.574. The van der Waals surface area contributed by atoms with Crippen LogP contribution in [0.15, 0.2) is 36.5 Å². The fourth-order valence-corrected chi connectivity index (χ4v) is 3.91. The number of esters is 2. The Kier molecular flexibility index (Phi) is 6.63. The zero-order valence-electron chi connectivity index (χ0n) is 16.7. The number of benzene rings is 1. The molecule has 0 aliphatic carbocycles. The van der Waals surface area contributed by atoms with E-state index < -0.39 is 17.8 Å². The maximum atomic E-state index is 12.4. The summed E-state index contributed by atoms with van der Waals surface area (Å²) in [7, 11) is 1.25. The van der Waals surface area contributed by atoms with Gasteiger partial charge in [0.1, 0.15) is 15.6 Å². The van der Waals surface area contributed by atoms with E-state index >= 15 is 0 Å². The van der Waals surface area contributed by atoms with Crippen molar-refractivity contribution in [2.24, 2.45) is 0 Å². The lowest BCUT2D eigenvalue weighted by Gasteiger charge is -2.09. The molecule has 30 heavy (non-hydrogen) atoms. The molecule has 1 amide bonds. The molecular weight excluding hydrogens is 408 g/mol. The van der Waals surface area contributed by atoms with Gasteiger partial charge in [-0.3, -0.25) is 9.78 Å². The van der Waals surface area contributed by atoms with Crippen molar-refractivity contribution in [1.82, 2.24) is 4.98 Å². The Hall–Kier alpha value is -3.46. The number of methoxy groups -OCH3 is 1. The van der Waals surface area contributed by atoms with Gasteiger partial charge in [-0.1, -0.05) is 6.07 Å². The summed E-state index contributed by atoms with van der Waals surface area (Å²) < 4.78 is 15.3. The third-order valence-electron chi connectivity index (χ3n) is 4.20. The average Bonchev–Trinajstić information content (AvgIpc) is 3.07. The molecule has 8 nitrogen and oxygen atoms in total. The SMILES string of the molecule is CCOC(=O)c1c(NC(=O)COc2ccc3cccnc3c2)sc(C(=O)OC)c1C. The average molecular weight is 428 g/mol. The summed E-state index contributed by atoms with van der Waals surface area (Å²) in [5.74, 6) is -1.22. The summed E-state index contributed by atoms with van der Waals surface area (Å²) in [4.78, 5) is 41.2. The Labute approximate surface area is 176 Å². The number of thiophene rings is 1. The standard InChI is InChI=1S/C21H20N2O6S/c1-4-28-20(25)17-12(2)18(21(26)27-3)30-19(17)23-16(24)11-29-14-8-7-13-6-5-9-22-15(13)10-14/h5-10H,4,11H2,1-3H3,(H,23,24). The van der Waals surface area contributed by atoms with Crippen LogP contribution < -0.4 is 10.1 Å². The van der Waals surface area contributed by atoms with Crippen LogP contribution in [0.2, 0.25) is 0 Å². The van der Waals surface area contributed by atoms with E-state index in [2.05, 4.69) is 10.3 Å². The molecule has 0 aliphatic heterocycles. The maximum Gasteiger partial charge on any atom is 0.348 e. The number of aromatic nitrogens is 1. The molecule has 3 rings (SSSR count). The van der Waals surface area contributed by atoms with Crippen LogP contribution in [0.3, 0.4) is 0 Å². The second kappa shape index (κ2) is 9.36. The molecule has 9 heteroatoms. The van der Waals surface area contributed by atoms with Crippen molar-refractivity contribution in [1.29, 1.82) is 0 Å². The van der Waals surface area contributed by atoms with E-state index in [0.717, 1.165) is 22.2 Å². The fourth-order valence-electron chi connectivity index (χ4n) is 2.79. The van der Waals surface area contributed by atoms with Crippen LogP contribution in [0.25, 0.3) is 10.9 Å². The maximum absolute atomic E-state index is 12.4. The number of rotatable bonds is 7. The lowest BCUT2D eigenvalue weighted by molar-refractivity contribution is -0.118. The lowest BCUT2D eigenvalue weighted by atomic mass is 10.1. The zero-order valence-corrected chi connectivity index (χ0v) is 17.5. The molecule has 1 N–H and O–H groups in total. The van der Waals surface area contributed by atoms with Crippen molar-refractivity contribution in [3.63, 3.8) is 0 Å². The van der Waals surface area contributed by atoms with E-state index in [1.54, 1.807) is 32.2 Å². The minimum atomic E-state index is -0.627. The van der Waals surface area contributed by atoms with E-state index in [1.807, 2.05) is 18.2 Å². The molecule has 0 fully saturated rings. The predicted molar refractivity (Wildman–Crippen MR) is 112 cm³/mol. The second-order valence-corrected chi connectivity index (χ2v) is 7.19. The minimum Gasteiger partial charge on any atom is -0.484 e. The first kappa shape index (κ1) is 21.3. The van der Waals surface area contributed by atoms with Gasteiger partial charge >= 0.3 is 11.9 Å². The highest BCUT2D eigenvalue weighted by molar-refractivity contribution is 7.18. The molecule has 0 unspecified atom stereocenters. The van der Waals surface area contributed by atoms with Gasteiger partial charge in [0.05, 0.1) is 24.8 Å². The largest absolute Gasteiger partial charge is 0.484 e. The Balaban J connectivity index is 1.76. The first-order chi connectivity index (χ1) is 14.4. The number of amides is 1. The number of fused-ring (bicyclic) bond motifs is 1. The van der Waals surface area contributed by atoms with Crippen molar-refractivity contribution in [2.75, 3.05) is 25.6 Å². The number of anilines is 1. The third-order valence-corrected chi connectivity index (χ3v) is 5.38. The molecule has 3 aromatic rings. The Morgan fingerprint density at radius 1 is 1.17 bits per heavy atom. The Morgan fingerprint density at radius 2 is 1.97 bits per heavy atom. The normalized spacial score (nSPS) is 10.5. The highest BCUT2D eigenvalue weighted by Gasteiger charge is 2.27. The van der Waals surface area contributed by atoms with Crippen LogP contribution >= 0.6 is 11.3 Å². The summed E-state index contributed by atoms with van der Waals surface area (Å²) in [6.45, 7) is 3.15. The van der Waals surface area contributed by atoms with Gasteiger partial charge in [0.15, 0.2) is 6.61 Å². The molecule has 0 saturated carbocycles. The number of ether oxygens (including phenoxy) is 3. The molecule has 2 aromatic heterocycles. The molecule has 1 aromatic carbocycles. The van der Waals surface area contributed by atoms with Gasteiger partial charge in [-0.25, -0.2) is 9.59 Å². The summed E-state index contributed by atoms with van der Waals surface area (Å²) in [5.41, 5.74) is 1.27. The monoisotopic (exact) mass is 428 g/mol. The van der Waals surface area contributed by atoms with E-state index in [-0.39, 0.29) is 28.7 Å². The van der Waals surface area contributed by atoms with Gasteiger partial charge in [0, 0.05) is 17.6 Å². The van der Waals surface area contributed by atoms with Crippen LogP contribution in [-0.2, 0) is 14.3 Å². The number of hydrogen-bond acceptors (Lipinski definition) is 8. The Morgan fingerprint density at radius 3 is 2.70 bits per heavy atom. The molecular formula is C21H20N2O6S. The van der Waals surface area contributed by atoms with Gasteiger partial charge in [0.2, 0.25) is 0 Å². The van der Waals surface area contributed by atoms with Gasteiger partial charge in [0.25, 0.3) is 5.91 Å². The van der Waals surface area contributed by atoms with Crippen LogP contribution in [0.5, 0.6) is 5.75 Å². The summed E-state index contributed by atoms with van der Waals surface area (Å²) in [5, 5.41) is 3.79. The number of nitrogens with zero attached hydrogens (tertiary/aromatic N) is 1. The lowest BCUT2D eigenvalue weighted by Crippen LogP contribution is -2.21. The fraction of sp³-hybridized carbons (Fsp3) is 0.238. The highest BCUT2D eigenvalue weighted by atomic mass is 32.1. The first-order valence-corrected chi connectivity index (χ1v) is 9.92. The van der Waals surface area contributed by atoms with E-state index in [9.17, 15) is 14.4 Å². The molecule has 156 valence electrons. The highest BCUT2D eigenvalue weighted by Crippen LogP contribution is 2.34. The van der Waals surface area contributed by atoms with Crippen molar-refractivity contribution < 1.29 is 28.6 Å². The number of carbonyl (C=O) groups is 3. The van der Waals surface area contributed by atoms with Crippen LogP contribution in [-0.4, -0.2) is 43.2 Å². The topological polar surface area (TPSA) is 104 Å². The molecule has 2 heterocycles. The van der Waals surface area contributed by atoms with Crippen LogP contribution in [0, 0.1) is 6.92 Å². The van der Waals surface area contributed by atoms with Crippen LogP contribution in [0.1, 0.15) is 32.5 Å². The number of carbonyl (C=O) groups excluding carboxylic acids is 3. The molecule has 0 aliphatic rings. The van der Waals surface area contributed by atoms with Crippen molar-refractivity contribution in [3.05, 3.63) is 52.5 Å². The van der Waals surface area contributed by atoms with E-state index in [4.69, 9.17) is 14.2 Å². The van der Waals surface area contributed by atoms with Crippen LogP contribution in [0.4, 0.5) is 5.00 Å². The van der Waals surface area contributed by atoms with Gasteiger partial charge in [-0.05, 0) is 37.6 Å². The Bertz CT molecular complexity index is 1110. The number of nitrogens with one attached hydrogen (secondary N) is 1. The molecule has 0 bridgehead atoms. The molecule has 0 saturated heterocycles.